The third-order valence-electron chi connectivity index (χ3n) is 3.99. The first-order valence-corrected chi connectivity index (χ1v) is 9.26. The zero-order chi connectivity index (χ0) is 22.3. The molecule has 0 amide bonds. The van der Waals surface area contributed by atoms with Crippen LogP contribution in [0.3, 0.4) is 0 Å². The molecule has 168 valence electrons. The molecular formula is C18H25NO11. The van der Waals surface area contributed by atoms with Gasteiger partial charge in [0, 0.05) is 34.1 Å². The number of rotatable bonds is 5. The van der Waals surface area contributed by atoms with Crippen LogP contribution >= 0.6 is 0 Å². The van der Waals surface area contributed by atoms with Gasteiger partial charge in [-0.05, 0) is 0 Å². The lowest BCUT2D eigenvalue weighted by Gasteiger charge is -2.29. The zero-order valence-corrected chi connectivity index (χ0v) is 17.2. The highest BCUT2D eigenvalue weighted by Gasteiger charge is 2.40. The molecule has 2 bridgehead atoms. The number of carbonyl (C=O) groups excluding carboxylic acids is 4. The van der Waals surface area contributed by atoms with Crippen molar-refractivity contribution < 1.29 is 52.4 Å². The first-order chi connectivity index (χ1) is 14.2. The zero-order valence-electron chi connectivity index (χ0n) is 17.2. The molecule has 12 nitrogen and oxygen atoms in total. The number of fused-ring (bicyclic) bond motifs is 2. The number of esters is 4. The smallest absolute Gasteiger partial charge is 0.305 e. The van der Waals surface area contributed by atoms with E-state index in [4.69, 9.17) is 33.3 Å². The van der Waals surface area contributed by atoms with Gasteiger partial charge in [0.2, 0.25) is 6.29 Å². The van der Waals surface area contributed by atoms with E-state index < -0.39 is 54.6 Å². The van der Waals surface area contributed by atoms with Crippen LogP contribution < -0.4 is 0 Å². The molecule has 0 aromatic carbocycles. The number of carbonyl (C=O) groups is 4. The number of ether oxygens (including phenoxy) is 6. The average molecular weight is 431 g/mol. The number of hydrogen-bond donors (Lipinski definition) is 0. The second-order valence-electron chi connectivity index (χ2n) is 6.68. The summed E-state index contributed by atoms with van der Waals surface area (Å²) in [6.45, 7) is 4.14. The van der Waals surface area contributed by atoms with E-state index in [0.717, 1.165) is 0 Å². The minimum Gasteiger partial charge on any atom is -0.463 e. The maximum absolute atomic E-state index is 11.6. The molecule has 1 fully saturated rings. The van der Waals surface area contributed by atoms with E-state index in [-0.39, 0.29) is 26.2 Å². The molecule has 30 heavy (non-hydrogen) atoms. The Hall–Kier alpha value is -2.73. The van der Waals surface area contributed by atoms with Crippen molar-refractivity contribution in [2.24, 2.45) is 5.16 Å². The highest BCUT2D eigenvalue weighted by molar-refractivity contribution is 5.91. The number of oxime groups is 1. The molecule has 0 unspecified atom stereocenters. The Labute approximate surface area is 172 Å². The Morgan fingerprint density at radius 1 is 0.900 bits per heavy atom. The van der Waals surface area contributed by atoms with Gasteiger partial charge >= 0.3 is 23.9 Å². The third-order valence-corrected chi connectivity index (χ3v) is 3.99. The maximum Gasteiger partial charge on any atom is 0.305 e. The number of hydrogen-bond acceptors (Lipinski definition) is 12. The molecule has 0 radical (unpaired) electrons. The predicted octanol–water partition coefficient (Wildman–Crippen LogP) is -0.138. The van der Waals surface area contributed by atoms with E-state index in [1.165, 1.54) is 27.7 Å². The highest BCUT2D eigenvalue weighted by atomic mass is 16.7. The van der Waals surface area contributed by atoms with Crippen LogP contribution in [0, 0.1) is 0 Å². The molecule has 2 rings (SSSR count). The van der Waals surface area contributed by atoms with Gasteiger partial charge < -0.3 is 33.3 Å². The Bertz CT molecular complexity index is 692. The van der Waals surface area contributed by atoms with Gasteiger partial charge in [-0.3, -0.25) is 19.2 Å². The van der Waals surface area contributed by atoms with Crippen LogP contribution in [0.15, 0.2) is 5.16 Å². The van der Waals surface area contributed by atoms with Crippen molar-refractivity contribution in [2.45, 2.75) is 64.8 Å². The van der Waals surface area contributed by atoms with Gasteiger partial charge in [0.15, 0.2) is 18.3 Å². The van der Waals surface area contributed by atoms with Crippen molar-refractivity contribution in [3.8, 4) is 0 Å². The lowest BCUT2D eigenvalue weighted by Crippen LogP contribution is -2.46. The van der Waals surface area contributed by atoms with E-state index in [1.54, 1.807) is 0 Å². The minimum atomic E-state index is -1.28. The maximum atomic E-state index is 11.6. The molecule has 1 saturated heterocycles. The van der Waals surface area contributed by atoms with Crippen molar-refractivity contribution in [3.05, 3.63) is 0 Å². The fourth-order valence-corrected chi connectivity index (χ4v) is 2.85. The second-order valence-corrected chi connectivity index (χ2v) is 6.68. The van der Waals surface area contributed by atoms with Crippen molar-refractivity contribution in [3.63, 3.8) is 0 Å². The Balaban J connectivity index is 2.32. The normalized spacial score (nSPS) is 28.8. The largest absolute Gasteiger partial charge is 0.463 e. The van der Waals surface area contributed by atoms with Gasteiger partial charge in [0.1, 0.15) is 18.4 Å². The summed E-state index contributed by atoms with van der Waals surface area (Å²) in [5.74, 6) is -2.50. The van der Waals surface area contributed by atoms with Gasteiger partial charge in [-0.25, -0.2) is 0 Å². The predicted molar refractivity (Wildman–Crippen MR) is 95.9 cm³/mol. The topological polar surface area (TPSA) is 145 Å². The van der Waals surface area contributed by atoms with E-state index in [1.807, 2.05) is 0 Å². The van der Waals surface area contributed by atoms with Gasteiger partial charge in [-0.2, -0.15) is 0 Å². The SMILES string of the molecule is CC(=O)OC[C@H]1OC[C@@H](OC(C)=O)[C@@H](OC(C)=O)OC[C@@H]2CC(=NO2)[C@H]1OC(C)=O. The van der Waals surface area contributed by atoms with Crippen LogP contribution in [-0.2, 0) is 52.4 Å². The first-order valence-electron chi connectivity index (χ1n) is 9.26. The summed E-state index contributed by atoms with van der Waals surface area (Å²) in [6, 6.07) is 0. The highest BCUT2D eigenvalue weighted by Crippen LogP contribution is 2.23. The molecule has 0 N–H and O–H groups in total. The van der Waals surface area contributed by atoms with E-state index in [2.05, 4.69) is 5.16 Å². The summed E-state index contributed by atoms with van der Waals surface area (Å²) in [7, 11) is 0. The van der Waals surface area contributed by atoms with Crippen LogP contribution in [-0.4, -0.2) is 80.1 Å². The van der Waals surface area contributed by atoms with Gasteiger partial charge in [-0.1, -0.05) is 5.16 Å². The molecule has 12 heteroatoms. The molecule has 0 spiro atoms. The van der Waals surface area contributed by atoms with Crippen molar-refractivity contribution in [2.75, 3.05) is 19.8 Å². The summed E-state index contributed by atoms with van der Waals surface area (Å²) in [5.41, 5.74) is 0.353. The standard InChI is InChI=1S/C18H25NO11/c1-9(20)24-7-15-17(28-11(3)22)14-5-13(30-19-14)6-26-18(29-12(4)23)16(8-25-15)27-10(2)21/h13,15-18H,5-8H2,1-4H3/t13-,15+,16+,17+,18+/m0/s1. The van der Waals surface area contributed by atoms with E-state index in [0.29, 0.717) is 5.71 Å². The van der Waals surface area contributed by atoms with Crippen molar-refractivity contribution in [1.29, 1.82) is 0 Å². The summed E-state index contributed by atoms with van der Waals surface area (Å²) in [6.07, 6.45) is -4.77. The third kappa shape index (κ3) is 7.26. The van der Waals surface area contributed by atoms with Crippen molar-refractivity contribution in [1.82, 2.24) is 0 Å². The van der Waals surface area contributed by atoms with E-state index >= 15 is 0 Å². The Morgan fingerprint density at radius 2 is 1.57 bits per heavy atom. The fourth-order valence-electron chi connectivity index (χ4n) is 2.85. The summed E-state index contributed by atoms with van der Waals surface area (Å²) < 4.78 is 32.1. The van der Waals surface area contributed by atoms with Crippen LogP contribution in [0.5, 0.6) is 0 Å². The lowest BCUT2D eigenvalue weighted by atomic mass is 10.0. The molecule has 0 saturated carbocycles. The van der Waals surface area contributed by atoms with Crippen molar-refractivity contribution >= 4 is 29.6 Å². The average Bonchev–Trinajstić information content (AvgIpc) is 3.09. The number of nitrogens with zero attached hydrogens (tertiary/aromatic N) is 1. The van der Waals surface area contributed by atoms with Crippen LogP contribution in [0.4, 0.5) is 0 Å². The fraction of sp³-hybridized carbons (Fsp3) is 0.722. The Morgan fingerprint density at radius 3 is 2.17 bits per heavy atom. The van der Waals surface area contributed by atoms with Crippen LogP contribution in [0.1, 0.15) is 34.1 Å². The summed E-state index contributed by atoms with van der Waals surface area (Å²) >= 11 is 0. The molecule has 0 aromatic heterocycles. The summed E-state index contributed by atoms with van der Waals surface area (Å²) in [5, 5.41) is 3.94. The van der Waals surface area contributed by atoms with Crippen LogP contribution in [0.25, 0.3) is 0 Å². The molecule has 2 aliphatic rings. The van der Waals surface area contributed by atoms with Gasteiger partial charge in [-0.15, -0.1) is 0 Å². The van der Waals surface area contributed by atoms with Crippen LogP contribution in [0.2, 0.25) is 0 Å². The lowest BCUT2D eigenvalue weighted by molar-refractivity contribution is -0.228. The monoisotopic (exact) mass is 431 g/mol. The minimum absolute atomic E-state index is 0.0515. The first kappa shape index (κ1) is 23.5. The molecule has 2 heterocycles. The second kappa shape index (κ2) is 10.9. The molecule has 0 aromatic rings. The molecular weight excluding hydrogens is 406 g/mol. The quantitative estimate of drug-likeness (QED) is 0.423. The van der Waals surface area contributed by atoms with Gasteiger partial charge in [0.05, 0.1) is 13.2 Å². The molecule has 2 aliphatic heterocycles. The van der Waals surface area contributed by atoms with E-state index in [9.17, 15) is 19.2 Å². The summed E-state index contributed by atoms with van der Waals surface area (Å²) in [4.78, 5) is 51.3. The molecule has 0 aliphatic carbocycles. The Kier molecular flexibility index (Phi) is 8.54. The van der Waals surface area contributed by atoms with Gasteiger partial charge in [0.25, 0.3) is 0 Å². The molecule has 5 atom stereocenters.